The molecule has 0 saturated heterocycles. The molecule has 4 nitrogen and oxygen atoms in total. The zero-order valence-corrected chi connectivity index (χ0v) is 8.43. The third-order valence-electron chi connectivity index (χ3n) is 1.91. The fourth-order valence-corrected chi connectivity index (χ4v) is 1.28. The van der Waals surface area contributed by atoms with Gasteiger partial charge in [-0.3, -0.25) is 4.79 Å². The van der Waals surface area contributed by atoms with E-state index in [0.717, 1.165) is 0 Å². The molecule has 1 heterocycles. The number of pyridine rings is 1. The number of hydrogen-bond acceptors (Lipinski definition) is 3. The van der Waals surface area contributed by atoms with Gasteiger partial charge < -0.3 is 14.4 Å². The lowest BCUT2D eigenvalue weighted by Gasteiger charge is -2.13. The fourth-order valence-electron chi connectivity index (χ4n) is 1.28. The van der Waals surface area contributed by atoms with E-state index in [2.05, 4.69) is 0 Å². The summed E-state index contributed by atoms with van der Waals surface area (Å²) in [5.41, 5.74) is -0.376. The Morgan fingerprint density at radius 2 is 2.36 bits per heavy atom. The van der Waals surface area contributed by atoms with E-state index in [1.54, 1.807) is 12.3 Å². The van der Waals surface area contributed by atoms with E-state index in [1.165, 1.54) is 10.6 Å². The standard InChI is InChI=1S/C10H15NO3/c1-3-14-8(2)7-11-6-4-5-9(12)10(11)13/h4-6,8,12H,3,7H2,1-2H3. The third kappa shape index (κ3) is 2.60. The van der Waals surface area contributed by atoms with Crippen LogP contribution in [0.2, 0.25) is 0 Å². The Balaban J connectivity index is 2.77. The van der Waals surface area contributed by atoms with E-state index in [9.17, 15) is 4.79 Å². The summed E-state index contributed by atoms with van der Waals surface area (Å²) in [5.74, 6) is -0.226. The highest BCUT2D eigenvalue weighted by atomic mass is 16.5. The summed E-state index contributed by atoms with van der Waals surface area (Å²) in [4.78, 5) is 11.4. The van der Waals surface area contributed by atoms with Gasteiger partial charge in [0.15, 0.2) is 5.75 Å². The number of hydrogen-bond donors (Lipinski definition) is 1. The van der Waals surface area contributed by atoms with Crippen LogP contribution in [0.25, 0.3) is 0 Å². The molecular weight excluding hydrogens is 182 g/mol. The monoisotopic (exact) mass is 197 g/mol. The smallest absolute Gasteiger partial charge is 0.292 e. The molecule has 1 rings (SSSR count). The summed E-state index contributed by atoms with van der Waals surface area (Å²) in [7, 11) is 0. The van der Waals surface area contributed by atoms with Crippen molar-refractivity contribution in [3.63, 3.8) is 0 Å². The van der Waals surface area contributed by atoms with Crippen LogP contribution in [0, 0.1) is 0 Å². The lowest BCUT2D eigenvalue weighted by molar-refractivity contribution is 0.0631. The van der Waals surface area contributed by atoms with Crippen molar-refractivity contribution in [2.75, 3.05) is 6.61 Å². The highest BCUT2D eigenvalue weighted by Gasteiger charge is 2.05. The van der Waals surface area contributed by atoms with Crippen molar-refractivity contribution in [2.45, 2.75) is 26.5 Å². The van der Waals surface area contributed by atoms with Crippen LogP contribution in [0.1, 0.15) is 13.8 Å². The van der Waals surface area contributed by atoms with Gasteiger partial charge in [0.1, 0.15) is 0 Å². The van der Waals surface area contributed by atoms with E-state index < -0.39 is 0 Å². The topological polar surface area (TPSA) is 51.5 Å². The van der Waals surface area contributed by atoms with Crippen LogP contribution in [-0.4, -0.2) is 22.4 Å². The molecule has 0 radical (unpaired) electrons. The van der Waals surface area contributed by atoms with Crippen molar-refractivity contribution in [1.29, 1.82) is 0 Å². The predicted octanol–water partition coefficient (Wildman–Crippen LogP) is 0.979. The SMILES string of the molecule is CCOC(C)Cn1cccc(O)c1=O. The van der Waals surface area contributed by atoms with Crippen LogP contribution >= 0.6 is 0 Å². The van der Waals surface area contributed by atoms with Crippen molar-refractivity contribution in [3.8, 4) is 5.75 Å². The largest absolute Gasteiger partial charge is 0.503 e. The number of ether oxygens (including phenoxy) is 1. The summed E-state index contributed by atoms with van der Waals surface area (Å²) in [6.45, 7) is 4.87. The van der Waals surface area contributed by atoms with Gasteiger partial charge in [-0.1, -0.05) is 0 Å². The minimum Gasteiger partial charge on any atom is -0.503 e. The molecule has 0 aromatic carbocycles. The third-order valence-corrected chi connectivity index (χ3v) is 1.91. The number of rotatable bonds is 4. The molecule has 14 heavy (non-hydrogen) atoms. The molecule has 0 spiro atoms. The van der Waals surface area contributed by atoms with Gasteiger partial charge in [0.05, 0.1) is 12.6 Å². The molecular formula is C10H15NO3. The fraction of sp³-hybridized carbons (Fsp3) is 0.500. The van der Waals surface area contributed by atoms with E-state index in [1.807, 2.05) is 13.8 Å². The molecule has 0 amide bonds. The van der Waals surface area contributed by atoms with Crippen LogP contribution in [0.4, 0.5) is 0 Å². The number of nitrogens with zero attached hydrogens (tertiary/aromatic N) is 1. The molecule has 0 bridgehead atoms. The summed E-state index contributed by atoms with van der Waals surface area (Å²) in [5, 5.41) is 9.17. The van der Waals surface area contributed by atoms with Gasteiger partial charge in [0.25, 0.3) is 5.56 Å². The van der Waals surface area contributed by atoms with Gasteiger partial charge in [-0.05, 0) is 26.0 Å². The average Bonchev–Trinajstić information content (AvgIpc) is 2.13. The Bertz CT molecular complexity index is 345. The van der Waals surface area contributed by atoms with Crippen molar-refractivity contribution in [1.82, 2.24) is 4.57 Å². The van der Waals surface area contributed by atoms with Crippen LogP contribution in [-0.2, 0) is 11.3 Å². The van der Waals surface area contributed by atoms with E-state index >= 15 is 0 Å². The summed E-state index contributed by atoms with van der Waals surface area (Å²) < 4.78 is 6.74. The van der Waals surface area contributed by atoms with Crippen LogP contribution < -0.4 is 5.56 Å². The van der Waals surface area contributed by atoms with E-state index in [0.29, 0.717) is 13.2 Å². The van der Waals surface area contributed by atoms with Crippen LogP contribution in [0.15, 0.2) is 23.1 Å². The first-order chi connectivity index (χ1) is 6.65. The molecule has 0 fully saturated rings. The molecule has 4 heteroatoms. The average molecular weight is 197 g/mol. The first-order valence-electron chi connectivity index (χ1n) is 4.65. The molecule has 0 aliphatic rings. The minimum absolute atomic E-state index is 0.0282. The highest BCUT2D eigenvalue weighted by Crippen LogP contribution is 2.00. The van der Waals surface area contributed by atoms with Crippen LogP contribution in [0.3, 0.4) is 0 Å². The normalized spacial score (nSPS) is 12.7. The Kier molecular flexibility index (Phi) is 3.71. The molecule has 1 N–H and O–H groups in total. The Morgan fingerprint density at radius 1 is 1.64 bits per heavy atom. The molecule has 78 valence electrons. The second-order valence-corrected chi connectivity index (χ2v) is 3.12. The molecule has 0 saturated carbocycles. The van der Waals surface area contributed by atoms with Crippen molar-refractivity contribution in [3.05, 3.63) is 28.7 Å². The first kappa shape index (κ1) is 10.8. The Hall–Kier alpha value is -1.29. The number of aromatic hydroxyl groups is 1. The van der Waals surface area contributed by atoms with Gasteiger partial charge in [-0.25, -0.2) is 0 Å². The second kappa shape index (κ2) is 4.81. The van der Waals surface area contributed by atoms with Crippen molar-refractivity contribution in [2.24, 2.45) is 0 Å². The summed E-state index contributed by atoms with van der Waals surface area (Å²) in [6, 6.07) is 3.01. The lowest BCUT2D eigenvalue weighted by atomic mass is 10.3. The summed E-state index contributed by atoms with van der Waals surface area (Å²) >= 11 is 0. The Morgan fingerprint density at radius 3 is 3.00 bits per heavy atom. The molecule has 1 aromatic heterocycles. The zero-order valence-electron chi connectivity index (χ0n) is 8.43. The Labute approximate surface area is 82.8 Å². The minimum atomic E-state index is -0.376. The van der Waals surface area contributed by atoms with Gasteiger partial charge in [-0.15, -0.1) is 0 Å². The zero-order chi connectivity index (χ0) is 10.6. The number of aromatic nitrogens is 1. The highest BCUT2D eigenvalue weighted by molar-refractivity contribution is 5.14. The lowest BCUT2D eigenvalue weighted by Crippen LogP contribution is -2.25. The van der Waals surface area contributed by atoms with E-state index in [-0.39, 0.29) is 17.4 Å². The maximum atomic E-state index is 11.4. The quantitative estimate of drug-likeness (QED) is 0.782. The van der Waals surface area contributed by atoms with E-state index in [4.69, 9.17) is 9.84 Å². The molecule has 0 aliphatic carbocycles. The predicted molar refractivity (Wildman–Crippen MR) is 53.5 cm³/mol. The molecule has 1 aromatic rings. The summed E-state index contributed by atoms with van der Waals surface area (Å²) in [6.07, 6.45) is 1.61. The van der Waals surface area contributed by atoms with Crippen LogP contribution in [0.5, 0.6) is 5.75 Å². The van der Waals surface area contributed by atoms with Gasteiger partial charge in [0, 0.05) is 12.8 Å². The van der Waals surface area contributed by atoms with Gasteiger partial charge in [-0.2, -0.15) is 0 Å². The van der Waals surface area contributed by atoms with Crippen molar-refractivity contribution >= 4 is 0 Å². The molecule has 0 aliphatic heterocycles. The van der Waals surface area contributed by atoms with Crippen molar-refractivity contribution < 1.29 is 9.84 Å². The second-order valence-electron chi connectivity index (χ2n) is 3.12. The maximum Gasteiger partial charge on any atom is 0.292 e. The maximum absolute atomic E-state index is 11.4. The van der Waals surface area contributed by atoms with Gasteiger partial charge >= 0.3 is 0 Å². The first-order valence-corrected chi connectivity index (χ1v) is 4.65. The molecule has 1 unspecified atom stereocenters. The molecule has 1 atom stereocenters. The van der Waals surface area contributed by atoms with Gasteiger partial charge in [0.2, 0.25) is 0 Å².